The van der Waals surface area contributed by atoms with Crippen LogP contribution in [0.5, 0.6) is 0 Å². The Morgan fingerprint density at radius 2 is 1.80 bits per heavy atom. The zero-order valence-corrected chi connectivity index (χ0v) is 12.5. The number of allylic oxidation sites excluding steroid dienone is 2. The minimum atomic E-state index is 1.12. The lowest BCUT2D eigenvalue weighted by Gasteiger charge is -2.09. The maximum atomic E-state index is 4.43. The normalized spacial score (nSPS) is 11.6. The SMILES string of the molecule is CCC/C=C(\CCC)c1cncc(-c2ccccc2)c1. The van der Waals surface area contributed by atoms with Crippen LogP contribution >= 0.6 is 0 Å². The molecule has 0 radical (unpaired) electrons. The van der Waals surface area contributed by atoms with E-state index in [0.717, 1.165) is 12.8 Å². The lowest BCUT2D eigenvalue weighted by Crippen LogP contribution is -1.89. The van der Waals surface area contributed by atoms with E-state index < -0.39 is 0 Å². The molecule has 1 heteroatoms. The van der Waals surface area contributed by atoms with Crippen molar-refractivity contribution in [1.29, 1.82) is 0 Å². The van der Waals surface area contributed by atoms with E-state index in [1.54, 1.807) is 0 Å². The van der Waals surface area contributed by atoms with Gasteiger partial charge in [-0.05, 0) is 35.6 Å². The van der Waals surface area contributed by atoms with E-state index in [1.165, 1.54) is 35.1 Å². The van der Waals surface area contributed by atoms with Gasteiger partial charge in [0.25, 0.3) is 0 Å². The third kappa shape index (κ3) is 3.80. The second kappa shape index (κ2) is 7.64. The van der Waals surface area contributed by atoms with Crippen molar-refractivity contribution in [3.63, 3.8) is 0 Å². The van der Waals surface area contributed by atoms with Crippen LogP contribution in [0.3, 0.4) is 0 Å². The zero-order valence-electron chi connectivity index (χ0n) is 12.5. The van der Waals surface area contributed by atoms with Crippen molar-refractivity contribution in [1.82, 2.24) is 4.98 Å². The summed E-state index contributed by atoms with van der Waals surface area (Å²) >= 11 is 0. The van der Waals surface area contributed by atoms with Crippen LogP contribution in [0.4, 0.5) is 0 Å². The Kier molecular flexibility index (Phi) is 5.55. The maximum Gasteiger partial charge on any atom is 0.0346 e. The largest absolute Gasteiger partial charge is 0.263 e. The van der Waals surface area contributed by atoms with Crippen LogP contribution in [0.2, 0.25) is 0 Å². The van der Waals surface area contributed by atoms with Gasteiger partial charge in [0.1, 0.15) is 0 Å². The van der Waals surface area contributed by atoms with Gasteiger partial charge < -0.3 is 0 Å². The van der Waals surface area contributed by atoms with Crippen LogP contribution in [0, 0.1) is 0 Å². The molecule has 0 bridgehead atoms. The van der Waals surface area contributed by atoms with E-state index in [0.29, 0.717) is 0 Å². The van der Waals surface area contributed by atoms with E-state index in [9.17, 15) is 0 Å². The summed E-state index contributed by atoms with van der Waals surface area (Å²) in [7, 11) is 0. The monoisotopic (exact) mass is 265 g/mol. The smallest absolute Gasteiger partial charge is 0.0346 e. The van der Waals surface area contributed by atoms with Gasteiger partial charge in [0.05, 0.1) is 0 Å². The first-order valence-corrected chi connectivity index (χ1v) is 7.55. The Hall–Kier alpha value is -1.89. The zero-order chi connectivity index (χ0) is 14.2. The number of pyridine rings is 1. The Bertz CT molecular complexity index is 555. The van der Waals surface area contributed by atoms with Crippen molar-refractivity contribution in [3.8, 4) is 11.1 Å². The van der Waals surface area contributed by atoms with Crippen LogP contribution in [-0.2, 0) is 0 Å². The van der Waals surface area contributed by atoms with Crippen molar-refractivity contribution in [3.05, 3.63) is 60.4 Å². The molecule has 0 unspecified atom stereocenters. The molecule has 0 atom stereocenters. The predicted molar refractivity (Wildman–Crippen MR) is 87.5 cm³/mol. The predicted octanol–water partition coefficient (Wildman–Crippen LogP) is 5.73. The number of benzene rings is 1. The van der Waals surface area contributed by atoms with E-state index in [4.69, 9.17) is 0 Å². The molecule has 0 spiro atoms. The van der Waals surface area contributed by atoms with Crippen LogP contribution in [0.15, 0.2) is 54.9 Å². The summed E-state index contributed by atoms with van der Waals surface area (Å²) in [4.78, 5) is 4.43. The molecule has 1 nitrogen and oxygen atoms in total. The fourth-order valence-corrected chi connectivity index (χ4v) is 2.36. The molecule has 0 aliphatic carbocycles. The first kappa shape index (κ1) is 14.5. The Labute approximate surface area is 122 Å². The number of unbranched alkanes of at least 4 members (excludes halogenated alkanes) is 1. The minimum absolute atomic E-state index is 1.12. The molecule has 1 aromatic heterocycles. The molecule has 0 aliphatic heterocycles. The molecule has 2 rings (SSSR count). The summed E-state index contributed by atoms with van der Waals surface area (Å²) in [5.41, 5.74) is 5.12. The van der Waals surface area contributed by atoms with Crippen LogP contribution in [0.1, 0.15) is 45.1 Å². The second-order valence-electron chi connectivity index (χ2n) is 5.10. The first-order chi connectivity index (χ1) is 9.85. The van der Waals surface area contributed by atoms with Gasteiger partial charge in [-0.15, -0.1) is 0 Å². The number of rotatable bonds is 6. The van der Waals surface area contributed by atoms with Crippen molar-refractivity contribution >= 4 is 5.57 Å². The quantitative estimate of drug-likeness (QED) is 0.649. The second-order valence-corrected chi connectivity index (χ2v) is 5.10. The van der Waals surface area contributed by atoms with E-state index in [-0.39, 0.29) is 0 Å². The molecule has 0 fully saturated rings. The van der Waals surface area contributed by atoms with Gasteiger partial charge in [-0.25, -0.2) is 0 Å². The first-order valence-electron chi connectivity index (χ1n) is 7.55. The molecule has 0 amide bonds. The minimum Gasteiger partial charge on any atom is -0.263 e. The molecular formula is C19H23N. The highest BCUT2D eigenvalue weighted by molar-refractivity contribution is 5.71. The fraction of sp³-hybridized carbons (Fsp3) is 0.316. The van der Waals surface area contributed by atoms with Crippen LogP contribution in [-0.4, -0.2) is 4.98 Å². The lowest BCUT2D eigenvalue weighted by atomic mass is 9.98. The van der Waals surface area contributed by atoms with Crippen LogP contribution < -0.4 is 0 Å². The highest BCUT2D eigenvalue weighted by Gasteiger charge is 2.04. The molecule has 0 saturated carbocycles. The maximum absolute atomic E-state index is 4.43. The third-order valence-corrected chi connectivity index (χ3v) is 3.41. The summed E-state index contributed by atoms with van der Waals surface area (Å²) in [5.74, 6) is 0. The summed E-state index contributed by atoms with van der Waals surface area (Å²) in [6.45, 7) is 4.45. The summed E-state index contributed by atoms with van der Waals surface area (Å²) in [6.07, 6.45) is 10.9. The van der Waals surface area contributed by atoms with Crippen molar-refractivity contribution in [2.45, 2.75) is 39.5 Å². The van der Waals surface area contributed by atoms with Gasteiger partial charge >= 0.3 is 0 Å². The highest BCUT2D eigenvalue weighted by Crippen LogP contribution is 2.25. The van der Waals surface area contributed by atoms with Gasteiger partial charge in [-0.2, -0.15) is 0 Å². The molecule has 20 heavy (non-hydrogen) atoms. The molecular weight excluding hydrogens is 242 g/mol. The average Bonchev–Trinajstić information content (AvgIpc) is 2.52. The topological polar surface area (TPSA) is 12.9 Å². The molecule has 0 aliphatic rings. The third-order valence-electron chi connectivity index (χ3n) is 3.41. The number of nitrogens with zero attached hydrogens (tertiary/aromatic N) is 1. The molecule has 2 aromatic rings. The van der Waals surface area contributed by atoms with E-state index >= 15 is 0 Å². The summed E-state index contributed by atoms with van der Waals surface area (Å²) in [6, 6.07) is 12.7. The highest BCUT2D eigenvalue weighted by atomic mass is 14.6. The molecule has 104 valence electrons. The van der Waals surface area contributed by atoms with Gasteiger partial charge in [-0.1, -0.05) is 63.1 Å². The summed E-state index contributed by atoms with van der Waals surface area (Å²) in [5, 5.41) is 0. The Morgan fingerprint density at radius 3 is 2.50 bits per heavy atom. The number of aromatic nitrogens is 1. The van der Waals surface area contributed by atoms with E-state index in [2.05, 4.69) is 55.2 Å². The standard InChI is InChI=1S/C19H23N/c1-3-5-10-16(9-4-2)18-13-19(15-20-14-18)17-11-7-6-8-12-17/h6-8,10-15H,3-5,9H2,1-2H3/b16-10+. The Morgan fingerprint density at radius 1 is 1.00 bits per heavy atom. The van der Waals surface area contributed by atoms with Gasteiger partial charge in [0.15, 0.2) is 0 Å². The van der Waals surface area contributed by atoms with Crippen molar-refractivity contribution in [2.24, 2.45) is 0 Å². The number of hydrogen-bond acceptors (Lipinski definition) is 1. The van der Waals surface area contributed by atoms with Gasteiger partial charge in [-0.3, -0.25) is 4.98 Å². The fourth-order valence-electron chi connectivity index (χ4n) is 2.36. The summed E-state index contributed by atoms with van der Waals surface area (Å²) < 4.78 is 0. The van der Waals surface area contributed by atoms with Gasteiger partial charge in [0.2, 0.25) is 0 Å². The average molecular weight is 265 g/mol. The molecule has 1 heterocycles. The van der Waals surface area contributed by atoms with Crippen LogP contribution in [0.25, 0.3) is 16.7 Å². The molecule has 0 N–H and O–H groups in total. The lowest BCUT2D eigenvalue weighted by molar-refractivity contribution is 0.932. The van der Waals surface area contributed by atoms with Gasteiger partial charge in [0, 0.05) is 18.0 Å². The Balaban J connectivity index is 2.33. The number of hydrogen-bond donors (Lipinski definition) is 0. The van der Waals surface area contributed by atoms with E-state index in [1.807, 2.05) is 18.5 Å². The van der Waals surface area contributed by atoms with Crippen molar-refractivity contribution in [2.75, 3.05) is 0 Å². The molecule has 0 saturated heterocycles. The molecule has 1 aromatic carbocycles. The van der Waals surface area contributed by atoms with Crippen molar-refractivity contribution < 1.29 is 0 Å².